The number of unbranched alkanes of at least 4 members (excludes halogenated alkanes) is 1. The molecule has 128 valence electrons. The van der Waals surface area contributed by atoms with Gasteiger partial charge in [-0.2, -0.15) is 0 Å². The average Bonchev–Trinajstić information content (AvgIpc) is 2.70. The molecule has 0 aromatic rings. The lowest BCUT2D eigenvalue weighted by Crippen LogP contribution is -2.09. The summed E-state index contributed by atoms with van der Waals surface area (Å²) >= 11 is 0. The van der Waals surface area contributed by atoms with Crippen LogP contribution in [0.2, 0.25) is 0 Å². The van der Waals surface area contributed by atoms with Crippen LogP contribution >= 0.6 is 0 Å². The van der Waals surface area contributed by atoms with Crippen molar-refractivity contribution < 1.29 is 23.8 Å². The Morgan fingerprint density at radius 3 is 2.00 bits per heavy atom. The first-order valence-electron chi connectivity index (χ1n) is 8.08. The summed E-state index contributed by atoms with van der Waals surface area (Å²) in [6.45, 7) is 4.32. The number of rotatable bonds is 7. The molecule has 2 rings (SSSR count). The molecule has 0 radical (unpaired) electrons. The number of hydrogen-bond acceptors (Lipinski definition) is 5. The minimum absolute atomic E-state index is 0.205. The van der Waals surface area contributed by atoms with Gasteiger partial charge in [-0.05, 0) is 13.3 Å². The maximum atomic E-state index is 12.6. The van der Waals surface area contributed by atoms with Gasteiger partial charge in [-0.1, -0.05) is 43.7 Å². The molecule has 5 nitrogen and oxygen atoms in total. The summed E-state index contributed by atoms with van der Waals surface area (Å²) in [4.78, 5) is 24.9. The van der Waals surface area contributed by atoms with Gasteiger partial charge in [0, 0.05) is 11.1 Å². The first-order chi connectivity index (χ1) is 11.7. The number of carbonyl (C=O) groups excluding carboxylic acids is 2. The highest BCUT2D eigenvalue weighted by Gasteiger charge is 2.32. The van der Waals surface area contributed by atoms with Crippen LogP contribution in [-0.2, 0) is 9.47 Å². The van der Waals surface area contributed by atoms with Crippen molar-refractivity contribution in [2.75, 3.05) is 20.3 Å². The quantitative estimate of drug-likeness (QED) is 0.568. The van der Waals surface area contributed by atoms with E-state index in [1.807, 2.05) is 13.0 Å². The van der Waals surface area contributed by atoms with Crippen molar-refractivity contribution in [1.29, 1.82) is 0 Å². The Hall–Kier alpha value is -2.56. The topological polar surface area (TPSA) is 61.8 Å². The van der Waals surface area contributed by atoms with Crippen molar-refractivity contribution in [1.82, 2.24) is 0 Å². The lowest BCUT2D eigenvalue weighted by atomic mass is 10.1. The van der Waals surface area contributed by atoms with E-state index in [1.54, 1.807) is 31.2 Å². The van der Waals surface area contributed by atoms with Crippen LogP contribution in [0.15, 0.2) is 30.3 Å². The van der Waals surface area contributed by atoms with E-state index >= 15 is 0 Å². The molecule has 0 aliphatic heterocycles. The smallest absolute Gasteiger partial charge is 0.342 e. The van der Waals surface area contributed by atoms with Gasteiger partial charge in [0.05, 0.1) is 20.3 Å². The van der Waals surface area contributed by atoms with Gasteiger partial charge in [0.1, 0.15) is 16.9 Å². The van der Waals surface area contributed by atoms with Crippen molar-refractivity contribution >= 4 is 11.9 Å². The molecule has 2 aliphatic rings. The third-order valence-corrected chi connectivity index (χ3v) is 3.65. The number of methoxy groups -OCH3 is 1. The van der Waals surface area contributed by atoms with Crippen LogP contribution in [0.4, 0.5) is 0 Å². The summed E-state index contributed by atoms with van der Waals surface area (Å²) in [7, 11) is 1.43. The summed E-state index contributed by atoms with van der Waals surface area (Å²) < 4.78 is 15.8. The maximum absolute atomic E-state index is 12.6. The second-order valence-electron chi connectivity index (χ2n) is 5.23. The van der Waals surface area contributed by atoms with Crippen molar-refractivity contribution in [2.24, 2.45) is 0 Å². The van der Waals surface area contributed by atoms with E-state index in [2.05, 4.69) is 0 Å². The van der Waals surface area contributed by atoms with E-state index in [-0.39, 0.29) is 23.5 Å². The molecule has 0 saturated heterocycles. The van der Waals surface area contributed by atoms with Crippen molar-refractivity contribution in [3.63, 3.8) is 0 Å². The van der Waals surface area contributed by atoms with Crippen molar-refractivity contribution in [3.8, 4) is 16.9 Å². The van der Waals surface area contributed by atoms with Gasteiger partial charge in [-0.25, -0.2) is 9.59 Å². The summed E-state index contributed by atoms with van der Waals surface area (Å²) in [6.07, 6.45) is 1.71. The highest BCUT2D eigenvalue weighted by molar-refractivity contribution is 6.12. The summed E-state index contributed by atoms with van der Waals surface area (Å²) in [5.41, 5.74) is 1.75. The molecule has 0 aromatic heterocycles. The molecular weight excluding hydrogens is 308 g/mol. The SMILES string of the molecule is CCCCOC(=O)c1c2cccccc-2c(C(=O)OCC)c1OC. The Labute approximate surface area is 141 Å². The van der Waals surface area contributed by atoms with Crippen LogP contribution in [0.5, 0.6) is 5.75 Å². The second-order valence-corrected chi connectivity index (χ2v) is 5.23. The molecule has 0 fully saturated rings. The molecule has 0 heterocycles. The molecule has 0 atom stereocenters. The van der Waals surface area contributed by atoms with E-state index in [1.165, 1.54) is 7.11 Å². The minimum Gasteiger partial charge on any atom is -0.495 e. The molecular formula is C19H22O5. The zero-order valence-electron chi connectivity index (χ0n) is 14.3. The standard InChI is InChI=1S/C19H22O5/c1-4-6-12-24-19(21)16-14-11-9-7-8-10-13(14)15(17(16)22-3)18(20)23-5-2/h7-11H,4-6,12H2,1-3H3. The monoisotopic (exact) mass is 330 g/mol. The van der Waals surface area contributed by atoms with Crippen molar-refractivity contribution in [2.45, 2.75) is 26.7 Å². The van der Waals surface area contributed by atoms with Gasteiger partial charge in [0.15, 0.2) is 0 Å². The first-order valence-corrected chi connectivity index (χ1v) is 8.08. The largest absolute Gasteiger partial charge is 0.495 e. The van der Waals surface area contributed by atoms with Gasteiger partial charge in [0.25, 0.3) is 0 Å². The molecule has 5 heteroatoms. The van der Waals surface area contributed by atoms with Crippen LogP contribution in [0, 0.1) is 0 Å². The Bertz CT molecular complexity index is 692. The number of fused-ring (bicyclic) bond motifs is 1. The highest BCUT2D eigenvalue weighted by atomic mass is 16.5. The number of esters is 2. The van der Waals surface area contributed by atoms with Gasteiger partial charge < -0.3 is 14.2 Å². The number of carbonyl (C=O) groups is 2. The molecule has 0 spiro atoms. The Morgan fingerprint density at radius 1 is 0.917 bits per heavy atom. The predicted molar refractivity (Wildman–Crippen MR) is 90.8 cm³/mol. The molecule has 0 bridgehead atoms. The van der Waals surface area contributed by atoms with E-state index in [0.29, 0.717) is 17.7 Å². The lowest BCUT2D eigenvalue weighted by molar-refractivity contribution is 0.0497. The van der Waals surface area contributed by atoms with Gasteiger partial charge >= 0.3 is 11.9 Å². The van der Waals surface area contributed by atoms with Crippen LogP contribution in [-0.4, -0.2) is 32.3 Å². The fraction of sp³-hybridized carbons (Fsp3) is 0.368. The molecule has 24 heavy (non-hydrogen) atoms. The zero-order chi connectivity index (χ0) is 17.5. The lowest BCUT2D eigenvalue weighted by Gasteiger charge is -2.07. The van der Waals surface area contributed by atoms with E-state index in [4.69, 9.17) is 14.2 Å². The normalized spacial score (nSPS) is 10.5. The van der Waals surface area contributed by atoms with Gasteiger partial charge in [0.2, 0.25) is 0 Å². The molecule has 0 amide bonds. The van der Waals surface area contributed by atoms with Gasteiger partial charge in [-0.15, -0.1) is 0 Å². The second kappa shape index (κ2) is 8.34. The maximum Gasteiger partial charge on any atom is 0.342 e. The summed E-state index contributed by atoms with van der Waals surface area (Å²) in [5.74, 6) is -0.804. The van der Waals surface area contributed by atoms with E-state index < -0.39 is 11.9 Å². The van der Waals surface area contributed by atoms with Crippen molar-refractivity contribution in [3.05, 3.63) is 41.5 Å². The van der Waals surface area contributed by atoms with Crippen LogP contribution in [0.1, 0.15) is 47.4 Å². The summed E-state index contributed by atoms with van der Waals surface area (Å²) in [5, 5.41) is 0. The fourth-order valence-electron chi connectivity index (χ4n) is 2.55. The third-order valence-electron chi connectivity index (χ3n) is 3.65. The highest BCUT2D eigenvalue weighted by Crippen LogP contribution is 2.42. The third kappa shape index (κ3) is 3.50. The Balaban J connectivity index is 2.58. The Morgan fingerprint density at radius 2 is 1.50 bits per heavy atom. The molecule has 2 aliphatic carbocycles. The van der Waals surface area contributed by atoms with Crippen LogP contribution in [0.3, 0.4) is 0 Å². The van der Waals surface area contributed by atoms with E-state index in [9.17, 15) is 9.59 Å². The average molecular weight is 330 g/mol. The molecule has 0 unspecified atom stereocenters. The number of ether oxygens (including phenoxy) is 3. The molecule has 0 aromatic carbocycles. The fourth-order valence-corrected chi connectivity index (χ4v) is 2.55. The minimum atomic E-state index is -0.516. The zero-order valence-corrected chi connectivity index (χ0v) is 14.3. The van der Waals surface area contributed by atoms with Crippen LogP contribution < -0.4 is 4.74 Å². The van der Waals surface area contributed by atoms with Crippen LogP contribution in [0.25, 0.3) is 11.1 Å². The first kappa shape index (κ1) is 17.8. The van der Waals surface area contributed by atoms with E-state index in [0.717, 1.165) is 12.8 Å². The number of hydrogen-bond donors (Lipinski definition) is 0. The molecule has 0 N–H and O–H groups in total. The van der Waals surface area contributed by atoms with Gasteiger partial charge in [-0.3, -0.25) is 0 Å². The predicted octanol–water partition coefficient (Wildman–Crippen LogP) is 3.93. The Kier molecular flexibility index (Phi) is 6.18. The summed E-state index contributed by atoms with van der Waals surface area (Å²) in [6, 6.07) is 8.98. The molecule has 0 saturated carbocycles.